The number of alkyl halides is 3. The minimum absolute atomic E-state index is 0.211. The van der Waals surface area contributed by atoms with Gasteiger partial charge in [-0.25, -0.2) is 4.98 Å². The first-order chi connectivity index (χ1) is 9.40. The topological polar surface area (TPSA) is 74.7 Å². The molecule has 0 unspecified atom stereocenters. The van der Waals surface area contributed by atoms with Gasteiger partial charge in [-0.15, -0.1) is 0 Å². The maximum absolute atomic E-state index is 12.8. The van der Waals surface area contributed by atoms with Gasteiger partial charge in [-0.2, -0.15) is 18.4 Å². The highest BCUT2D eigenvalue weighted by Crippen LogP contribution is 2.34. The van der Waals surface area contributed by atoms with Gasteiger partial charge >= 0.3 is 6.18 Å². The molecule has 1 aromatic heterocycles. The van der Waals surface area contributed by atoms with Gasteiger partial charge in [0.05, 0.1) is 29.1 Å². The molecule has 2 aromatic rings. The number of nitrogens with one attached hydrogen (secondary N) is 1. The van der Waals surface area contributed by atoms with E-state index >= 15 is 0 Å². The Kier molecular flexibility index (Phi) is 3.48. The fourth-order valence-electron chi connectivity index (χ4n) is 1.60. The van der Waals surface area contributed by atoms with Gasteiger partial charge in [-0.3, -0.25) is 0 Å². The minimum Gasteiger partial charge on any atom is -0.384 e. The maximum Gasteiger partial charge on any atom is 0.417 e. The molecular weight excluding hydrogens is 269 g/mol. The van der Waals surface area contributed by atoms with E-state index in [4.69, 9.17) is 11.0 Å². The number of pyridine rings is 1. The first-order valence-corrected chi connectivity index (χ1v) is 5.50. The molecule has 0 atom stereocenters. The smallest absolute Gasteiger partial charge is 0.384 e. The maximum atomic E-state index is 12.8. The molecule has 0 aliphatic rings. The largest absolute Gasteiger partial charge is 0.417 e. The third-order valence-electron chi connectivity index (χ3n) is 2.52. The van der Waals surface area contributed by atoms with Gasteiger partial charge in [0.2, 0.25) is 0 Å². The zero-order valence-corrected chi connectivity index (χ0v) is 10.1. The van der Waals surface area contributed by atoms with Crippen molar-refractivity contribution in [1.82, 2.24) is 4.98 Å². The first-order valence-electron chi connectivity index (χ1n) is 5.50. The quantitative estimate of drug-likeness (QED) is 0.883. The number of benzene rings is 1. The summed E-state index contributed by atoms with van der Waals surface area (Å²) in [6, 6.07) is 8.04. The number of anilines is 3. The Labute approximate surface area is 112 Å². The van der Waals surface area contributed by atoms with Gasteiger partial charge in [0.1, 0.15) is 5.82 Å². The molecular formula is C13H9F3N4. The van der Waals surface area contributed by atoms with Crippen LogP contribution < -0.4 is 11.1 Å². The van der Waals surface area contributed by atoms with Gasteiger partial charge in [-0.05, 0) is 30.3 Å². The lowest BCUT2D eigenvalue weighted by molar-refractivity contribution is -0.137. The third kappa shape index (κ3) is 2.98. The Hall–Kier alpha value is -2.75. The van der Waals surface area contributed by atoms with Crippen LogP contribution in [0.25, 0.3) is 0 Å². The second-order valence-corrected chi connectivity index (χ2v) is 3.97. The van der Waals surface area contributed by atoms with Crippen molar-refractivity contribution in [3.63, 3.8) is 0 Å². The highest BCUT2D eigenvalue weighted by molar-refractivity contribution is 5.62. The Morgan fingerprint density at radius 2 is 1.85 bits per heavy atom. The molecule has 0 aliphatic carbocycles. The number of nitriles is 1. The summed E-state index contributed by atoms with van der Waals surface area (Å²) in [7, 11) is 0. The van der Waals surface area contributed by atoms with Gasteiger partial charge < -0.3 is 11.1 Å². The summed E-state index contributed by atoms with van der Waals surface area (Å²) in [5, 5.41) is 11.5. The fraction of sp³-hybridized carbons (Fsp3) is 0.0769. The predicted octanol–water partition coefficient (Wildman–Crippen LogP) is 3.30. The van der Waals surface area contributed by atoms with Gasteiger partial charge in [0.15, 0.2) is 0 Å². The van der Waals surface area contributed by atoms with Crippen LogP contribution in [0.4, 0.5) is 30.4 Å². The van der Waals surface area contributed by atoms with Crippen molar-refractivity contribution >= 4 is 17.2 Å². The van der Waals surface area contributed by atoms with Crippen molar-refractivity contribution in [2.45, 2.75) is 6.18 Å². The molecule has 0 fully saturated rings. The van der Waals surface area contributed by atoms with Crippen LogP contribution >= 0.6 is 0 Å². The Morgan fingerprint density at radius 3 is 2.40 bits per heavy atom. The van der Waals surface area contributed by atoms with E-state index in [2.05, 4.69) is 10.3 Å². The number of hydrogen-bond acceptors (Lipinski definition) is 4. The average Bonchev–Trinajstić information content (AvgIpc) is 2.40. The van der Waals surface area contributed by atoms with Crippen molar-refractivity contribution < 1.29 is 13.2 Å². The SMILES string of the molecule is N#Cc1ccc(Nc2ccc(N)nc2)cc1C(F)(F)F. The van der Waals surface area contributed by atoms with Crippen molar-refractivity contribution in [2.24, 2.45) is 0 Å². The zero-order chi connectivity index (χ0) is 14.8. The molecule has 1 aromatic carbocycles. The number of nitrogens with two attached hydrogens (primary N) is 1. The number of aromatic nitrogens is 1. The summed E-state index contributed by atoms with van der Waals surface area (Å²) < 4.78 is 38.4. The monoisotopic (exact) mass is 278 g/mol. The molecule has 0 saturated heterocycles. The van der Waals surface area contributed by atoms with E-state index in [1.807, 2.05) is 0 Å². The van der Waals surface area contributed by atoms with Crippen LogP contribution in [0.15, 0.2) is 36.5 Å². The number of rotatable bonds is 2. The van der Waals surface area contributed by atoms with Gasteiger partial charge in [-0.1, -0.05) is 0 Å². The summed E-state index contributed by atoms with van der Waals surface area (Å²) in [5.41, 5.74) is 4.73. The van der Waals surface area contributed by atoms with Crippen molar-refractivity contribution in [1.29, 1.82) is 5.26 Å². The number of hydrogen-bond donors (Lipinski definition) is 2. The van der Waals surface area contributed by atoms with E-state index in [1.54, 1.807) is 6.07 Å². The molecule has 0 saturated carbocycles. The standard InChI is InChI=1S/C13H9F3N4/c14-13(15,16)11-5-9(2-1-8(11)6-17)20-10-3-4-12(18)19-7-10/h1-5,7,20H,(H2,18,19). The number of nitrogen functional groups attached to an aromatic ring is 1. The highest BCUT2D eigenvalue weighted by Gasteiger charge is 2.33. The Bertz CT molecular complexity index is 657. The van der Waals surface area contributed by atoms with E-state index in [1.165, 1.54) is 24.4 Å². The molecule has 7 heteroatoms. The van der Waals surface area contributed by atoms with E-state index in [0.717, 1.165) is 12.1 Å². The normalized spacial score (nSPS) is 10.9. The summed E-state index contributed by atoms with van der Waals surface area (Å²) in [6.45, 7) is 0. The number of halogens is 3. The van der Waals surface area contributed by atoms with Crippen molar-refractivity contribution in [3.05, 3.63) is 47.7 Å². The Balaban J connectivity index is 2.34. The minimum atomic E-state index is -4.58. The molecule has 4 nitrogen and oxygen atoms in total. The van der Waals surface area contributed by atoms with Gasteiger partial charge in [0, 0.05) is 5.69 Å². The van der Waals surface area contributed by atoms with Crippen molar-refractivity contribution in [3.8, 4) is 6.07 Å². The molecule has 20 heavy (non-hydrogen) atoms. The molecule has 2 rings (SSSR count). The average molecular weight is 278 g/mol. The summed E-state index contributed by atoms with van der Waals surface area (Å²) in [6.07, 6.45) is -3.18. The van der Waals surface area contributed by atoms with E-state index in [9.17, 15) is 13.2 Å². The second kappa shape index (κ2) is 5.09. The molecule has 102 valence electrons. The fourth-order valence-corrected chi connectivity index (χ4v) is 1.60. The van der Waals surface area contributed by atoms with E-state index < -0.39 is 17.3 Å². The molecule has 1 heterocycles. The first kappa shape index (κ1) is 13.7. The van der Waals surface area contributed by atoms with Crippen LogP contribution in [-0.4, -0.2) is 4.98 Å². The lowest BCUT2D eigenvalue weighted by Gasteiger charge is -2.12. The second-order valence-electron chi connectivity index (χ2n) is 3.97. The van der Waals surface area contributed by atoms with Crippen LogP contribution in [0, 0.1) is 11.3 Å². The summed E-state index contributed by atoms with van der Waals surface area (Å²) in [4.78, 5) is 3.82. The van der Waals surface area contributed by atoms with Crippen LogP contribution in [-0.2, 0) is 6.18 Å². The predicted molar refractivity (Wildman–Crippen MR) is 68.1 cm³/mol. The van der Waals surface area contributed by atoms with E-state index in [-0.39, 0.29) is 5.69 Å². The van der Waals surface area contributed by atoms with Crippen LogP contribution in [0.3, 0.4) is 0 Å². The summed E-state index contributed by atoms with van der Waals surface area (Å²) in [5.74, 6) is 0.311. The molecule has 3 N–H and O–H groups in total. The molecule has 0 radical (unpaired) electrons. The molecule has 0 spiro atoms. The van der Waals surface area contributed by atoms with Crippen LogP contribution in [0.1, 0.15) is 11.1 Å². The summed E-state index contributed by atoms with van der Waals surface area (Å²) >= 11 is 0. The molecule has 0 aliphatic heterocycles. The van der Waals surface area contributed by atoms with E-state index in [0.29, 0.717) is 11.5 Å². The lowest BCUT2D eigenvalue weighted by atomic mass is 10.1. The Morgan fingerprint density at radius 1 is 1.15 bits per heavy atom. The zero-order valence-electron chi connectivity index (χ0n) is 10.1. The van der Waals surface area contributed by atoms with Crippen LogP contribution in [0.5, 0.6) is 0 Å². The molecule has 0 amide bonds. The number of nitrogens with zero attached hydrogens (tertiary/aromatic N) is 2. The third-order valence-corrected chi connectivity index (χ3v) is 2.52. The van der Waals surface area contributed by atoms with Gasteiger partial charge in [0.25, 0.3) is 0 Å². The highest BCUT2D eigenvalue weighted by atomic mass is 19.4. The lowest BCUT2D eigenvalue weighted by Crippen LogP contribution is -2.08. The van der Waals surface area contributed by atoms with Crippen LogP contribution in [0.2, 0.25) is 0 Å². The molecule has 0 bridgehead atoms. The van der Waals surface area contributed by atoms with Crippen molar-refractivity contribution in [2.75, 3.05) is 11.1 Å².